The van der Waals surface area contributed by atoms with E-state index >= 15 is 0 Å². The highest BCUT2D eigenvalue weighted by atomic mass is 16.4. The van der Waals surface area contributed by atoms with Crippen LogP contribution in [0.3, 0.4) is 0 Å². The summed E-state index contributed by atoms with van der Waals surface area (Å²) in [5.74, 6) is -0.256. The first-order valence-corrected chi connectivity index (χ1v) is 6.33. The van der Waals surface area contributed by atoms with Crippen molar-refractivity contribution in [3.63, 3.8) is 0 Å². The largest absolute Gasteiger partial charge is 0.479 e. The molecule has 0 aromatic rings. The van der Waals surface area contributed by atoms with Crippen LogP contribution in [-0.2, 0) is 4.79 Å². The SMILES string of the molecule is NC(N)(CCCCC1CCCCC1)C(=O)O. The Morgan fingerprint density at radius 1 is 1.19 bits per heavy atom. The molecule has 0 atom stereocenters. The van der Waals surface area contributed by atoms with Crippen LogP contribution in [0.15, 0.2) is 0 Å². The molecule has 94 valence electrons. The Labute approximate surface area is 97.4 Å². The van der Waals surface area contributed by atoms with Crippen LogP contribution in [0.1, 0.15) is 57.8 Å². The van der Waals surface area contributed by atoms with Crippen LogP contribution in [0.4, 0.5) is 0 Å². The van der Waals surface area contributed by atoms with Gasteiger partial charge in [-0.2, -0.15) is 0 Å². The summed E-state index contributed by atoms with van der Waals surface area (Å²) in [6.07, 6.45) is 10.2. The molecule has 0 spiro atoms. The standard InChI is InChI=1S/C12H24N2O2/c13-12(14,11(15)16)9-5-4-8-10-6-2-1-3-7-10/h10H,1-9,13-14H2,(H,15,16). The van der Waals surface area contributed by atoms with Gasteiger partial charge in [-0.15, -0.1) is 0 Å². The summed E-state index contributed by atoms with van der Waals surface area (Å²) in [5.41, 5.74) is 9.38. The number of carbonyl (C=O) groups is 1. The van der Waals surface area contributed by atoms with Gasteiger partial charge >= 0.3 is 5.97 Å². The van der Waals surface area contributed by atoms with E-state index in [-0.39, 0.29) is 0 Å². The van der Waals surface area contributed by atoms with Crippen molar-refractivity contribution in [2.75, 3.05) is 0 Å². The van der Waals surface area contributed by atoms with Gasteiger partial charge in [0.15, 0.2) is 5.66 Å². The molecule has 0 heterocycles. The van der Waals surface area contributed by atoms with E-state index in [1.807, 2.05) is 0 Å². The van der Waals surface area contributed by atoms with Crippen LogP contribution < -0.4 is 11.5 Å². The average Bonchev–Trinajstić information content (AvgIpc) is 2.26. The first kappa shape index (κ1) is 13.5. The fourth-order valence-corrected chi connectivity index (χ4v) is 2.43. The van der Waals surface area contributed by atoms with Gasteiger partial charge in [0.2, 0.25) is 0 Å². The lowest BCUT2D eigenvalue weighted by molar-refractivity contribution is -0.143. The van der Waals surface area contributed by atoms with Crippen molar-refractivity contribution in [3.05, 3.63) is 0 Å². The maximum Gasteiger partial charge on any atom is 0.338 e. The zero-order valence-corrected chi connectivity index (χ0v) is 9.95. The maximum atomic E-state index is 10.7. The molecule has 0 saturated heterocycles. The normalized spacial score (nSPS) is 18.6. The van der Waals surface area contributed by atoms with Crippen LogP contribution in [0.2, 0.25) is 0 Å². The van der Waals surface area contributed by atoms with Crippen molar-refractivity contribution in [1.82, 2.24) is 0 Å². The van der Waals surface area contributed by atoms with Gasteiger partial charge in [0.25, 0.3) is 0 Å². The Morgan fingerprint density at radius 3 is 2.38 bits per heavy atom. The van der Waals surface area contributed by atoms with E-state index in [2.05, 4.69) is 0 Å². The highest BCUT2D eigenvalue weighted by Gasteiger charge is 2.27. The molecule has 1 rings (SSSR count). The van der Waals surface area contributed by atoms with Gasteiger partial charge in [-0.3, -0.25) is 0 Å². The molecule has 16 heavy (non-hydrogen) atoms. The Hall–Kier alpha value is -0.610. The van der Waals surface area contributed by atoms with Crippen molar-refractivity contribution in [2.45, 2.75) is 63.5 Å². The Balaban J connectivity index is 2.09. The number of carboxylic acids is 1. The molecule has 1 aliphatic carbocycles. The molecular weight excluding hydrogens is 204 g/mol. The highest BCUT2D eigenvalue weighted by molar-refractivity contribution is 5.77. The molecule has 1 fully saturated rings. The fourth-order valence-electron chi connectivity index (χ4n) is 2.43. The minimum Gasteiger partial charge on any atom is -0.479 e. The number of aliphatic carboxylic acids is 1. The molecule has 1 saturated carbocycles. The van der Waals surface area contributed by atoms with Crippen molar-refractivity contribution in [3.8, 4) is 0 Å². The molecule has 0 amide bonds. The van der Waals surface area contributed by atoms with Crippen molar-refractivity contribution >= 4 is 5.97 Å². The zero-order chi connectivity index (χ0) is 12.0. The highest BCUT2D eigenvalue weighted by Crippen LogP contribution is 2.28. The number of carboxylic acid groups (broad SMARTS) is 1. The van der Waals surface area contributed by atoms with Gasteiger partial charge in [-0.1, -0.05) is 44.9 Å². The third-order valence-corrected chi connectivity index (χ3v) is 3.58. The summed E-state index contributed by atoms with van der Waals surface area (Å²) in [5, 5.41) is 8.74. The predicted molar refractivity (Wildman–Crippen MR) is 63.8 cm³/mol. The minimum absolute atomic E-state index is 0.370. The molecule has 5 N–H and O–H groups in total. The van der Waals surface area contributed by atoms with E-state index in [9.17, 15) is 4.79 Å². The van der Waals surface area contributed by atoms with Crippen molar-refractivity contribution in [2.24, 2.45) is 17.4 Å². The predicted octanol–water partition coefficient (Wildman–Crippen LogP) is 1.83. The van der Waals surface area contributed by atoms with E-state index in [1.165, 1.54) is 38.5 Å². The van der Waals surface area contributed by atoms with Gasteiger partial charge in [0.05, 0.1) is 0 Å². The van der Waals surface area contributed by atoms with E-state index in [4.69, 9.17) is 16.6 Å². The van der Waals surface area contributed by atoms with Gasteiger partial charge in [0.1, 0.15) is 0 Å². The van der Waals surface area contributed by atoms with Crippen LogP contribution in [0, 0.1) is 5.92 Å². The number of hydrogen-bond donors (Lipinski definition) is 3. The third kappa shape index (κ3) is 4.49. The summed E-state index contributed by atoms with van der Waals surface area (Å²) < 4.78 is 0. The van der Waals surface area contributed by atoms with Gasteiger partial charge in [-0.25, -0.2) is 4.79 Å². The molecule has 0 unspecified atom stereocenters. The topological polar surface area (TPSA) is 89.3 Å². The summed E-state index contributed by atoms with van der Waals surface area (Å²) in [4.78, 5) is 10.7. The Kier molecular flexibility index (Phi) is 5.22. The van der Waals surface area contributed by atoms with E-state index in [0.717, 1.165) is 18.8 Å². The maximum absolute atomic E-state index is 10.7. The molecule has 0 aromatic carbocycles. The van der Waals surface area contributed by atoms with Crippen LogP contribution in [-0.4, -0.2) is 16.7 Å². The molecule has 4 nitrogen and oxygen atoms in total. The molecule has 1 aliphatic rings. The smallest absolute Gasteiger partial charge is 0.338 e. The lowest BCUT2D eigenvalue weighted by Crippen LogP contribution is -2.56. The van der Waals surface area contributed by atoms with E-state index in [1.54, 1.807) is 0 Å². The van der Waals surface area contributed by atoms with Crippen molar-refractivity contribution < 1.29 is 9.90 Å². The summed E-state index contributed by atoms with van der Waals surface area (Å²) in [6, 6.07) is 0. The fraction of sp³-hybridized carbons (Fsp3) is 0.917. The first-order valence-electron chi connectivity index (χ1n) is 6.33. The number of unbranched alkanes of at least 4 members (excludes halogenated alkanes) is 1. The second kappa shape index (κ2) is 6.21. The lowest BCUT2D eigenvalue weighted by Gasteiger charge is -2.22. The summed E-state index contributed by atoms with van der Waals surface area (Å²) in [7, 11) is 0. The first-order chi connectivity index (χ1) is 7.52. The lowest BCUT2D eigenvalue weighted by atomic mass is 9.85. The quantitative estimate of drug-likeness (QED) is 0.478. The summed E-state index contributed by atoms with van der Waals surface area (Å²) >= 11 is 0. The number of rotatable bonds is 6. The molecule has 0 aromatic heterocycles. The number of hydrogen-bond acceptors (Lipinski definition) is 3. The van der Waals surface area contributed by atoms with Crippen LogP contribution in [0.25, 0.3) is 0 Å². The van der Waals surface area contributed by atoms with Gasteiger partial charge in [-0.05, 0) is 18.8 Å². The van der Waals surface area contributed by atoms with Crippen LogP contribution >= 0.6 is 0 Å². The van der Waals surface area contributed by atoms with E-state index < -0.39 is 11.6 Å². The minimum atomic E-state index is -1.54. The molecule has 0 radical (unpaired) electrons. The molecular formula is C12H24N2O2. The third-order valence-electron chi connectivity index (χ3n) is 3.58. The van der Waals surface area contributed by atoms with E-state index in [0.29, 0.717) is 6.42 Å². The molecule has 4 heteroatoms. The monoisotopic (exact) mass is 228 g/mol. The molecule has 0 aliphatic heterocycles. The molecule has 0 bridgehead atoms. The van der Waals surface area contributed by atoms with Gasteiger partial charge < -0.3 is 16.6 Å². The Morgan fingerprint density at radius 2 is 1.81 bits per heavy atom. The zero-order valence-electron chi connectivity index (χ0n) is 9.95. The number of nitrogens with two attached hydrogens (primary N) is 2. The second-order valence-electron chi connectivity index (χ2n) is 5.10. The average molecular weight is 228 g/mol. The van der Waals surface area contributed by atoms with Gasteiger partial charge in [0, 0.05) is 0 Å². The van der Waals surface area contributed by atoms with Crippen molar-refractivity contribution in [1.29, 1.82) is 0 Å². The van der Waals surface area contributed by atoms with Crippen LogP contribution in [0.5, 0.6) is 0 Å². The second-order valence-corrected chi connectivity index (χ2v) is 5.10. The Bertz CT molecular complexity index is 223. The summed E-state index contributed by atoms with van der Waals surface area (Å²) in [6.45, 7) is 0.